The number of hydrogen-bond donors (Lipinski definition) is 1. The molecule has 0 aromatic heterocycles. The second kappa shape index (κ2) is 5.77. The Kier molecular flexibility index (Phi) is 4.09. The van der Waals surface area contributed by atoms with Crippen LogP contribution in [0, 0.1) is 0 Å². The highest BCUT2D eigenvalue weighted by molar-refractivity contribution is 6.17. The summed E-state index contributed by atoms with van der Waals surface area (Å²) in [5.41, 5.74) is 1.72. The summed E-state index contributed by atoms with van der Waals surface area (Å²) in [6, 6.07) is 5.55. The molecule has 0 saturated heterocycles. The maximum absolute atomic E-state index is 11.0. The Hall–Kier alpha value is -1.42. The third-order valence-corrected chi connectivity index (χ3v) is 2.74. The van der Waals surface area contributed by atoms with E-state index in [4.69, 9.17) is 21.1 Å². The SMILES string of the molecule is O=C1Nc2ccc(OCCCCCl)cc2CO1. The molecule has 0 atom stereocenters. The molecule has 1 aromatic carbocycles. The van der Waals surface area contributed by atoms with Crippen molar-refractivity contribution in [3.63, 3.8) is 0 Å². The topological polar surface area (TPSA) is 47.6 Å². The van der Waals surface area contributed by atoms with E-state index in [-0.39, 0.29) is 0 Å². The van der Waals surface area contributed by atoms with Gasteiger partial charge in [0.2, 0.25) is 0 Å². The molecule has 92 valence electrons. The van der Waals surface area contributed by atoms with Crippen LogP contribution in [0.15, 0.2) is 18.2 Å². The summed E-state index contributed by atoms with van der Waals surface area (Å²) in [6.07, 6.45) is 1.48. The predicted molar refractivity (Wildman–Crippen MR) is 65.7 cm³/mol. The molecule has 0 bridgehead atoms. The fourth-order valence-corrected chi connectivity index (χ4v) is 1.77. The highest BCUT2D eigenvalue weighted by atomic mass is 35.5. The van der Waals surface area contributed by atoms with Crippen molar-refractivity contribution in [2.75, 3.05) is 17.8 Å². The van der Waals surface area contributed by atoms with E-state index >= 15 is 0 Å². The van der Waals surface area contributed by atoms with Gasteiger partial charge in [0.15, 0.2) is 0 Å². The van der Waals surface area contributed by atoms with E-state index in [2.05, 4.69) is 5.32 Å². The molecule has 0 saturated carbocycles. The van der Waals surface area contributed by atoms with Gasteiger partial charge >= 0.3 is 6.09 Å². The van der Waals surface area contributed by atoms with Gasteiger partial charge < -0.3 is 9.47 Å². The van der Waals surface area contributed by atoms with E-state index < -0.39 is 6.09 Å². The Bertz CT molecular complexity index is 409. The molecule has 1 N–H and O–H groups in total. The smallest absolute Gasteiger partial charge is 0.411 e. The summed E-state index contributed by atoms with van der Waals surface area (Å²) in [7, 11) is 0. The quantitative estimate of drug-likeness (QED) is 0.649. The Morgan fingerprint density at radius 3 is 3.12 bits per heavy atom. The zero-order valence-electron chi connectivity index (χ0n) is 9.37. The molecule has 1 amide bonds. The van der Waals surface area contributed by atoms with Crippen LogP contribution in [-0.2, 0) is 11.3 Å². The van der Waals surface area contributed by atoms with Crippen molar-refractivity contribution in [3.05, 3.63) is 23.8 Å². The monoisotopic (exact) mass is 255 g/mol. The van der Waals surface area contributed by atoms with E-state index in [1.54, 1.807) is 0 Å². The first kappa shape index (κ1) is 12.0. The fraction of sp³-hybridized carbons (Fsp3) is 0.417. The Morgan fingerprint density at radius 1 is 1.41 bits per heavy atom. The minimum atomic E-state index is -0.409. The summed E-state index contributed by atoms with van der Waals surface area (Å²) >= 11 is 5.58. The number of alkyl halides is 1. The summed E-state index contributed by atoms with van der Waals surface area (Å²) < 4.78 is 10.5. The zero-order valence-corrected chi connectivity index (χ0v) is 10.1. The van der Waals surface area contributed by atoms with Gasteiger partial charge in [-0.3, -0.25) is 5.32 Å². The van der Waals surface area contributed by atoms with E-state index in [0.717, 1.165) is 29.8 Å². The first-order chi connectivity index (χ1) is 8.29. The number of halogens is 1. The molecule has 4 nitrogen and oxygen atoms in total. The van der Waals surface area contributed by atoms with Crippen molar-refractivity contribution >= 4 is 23.4 Å². The lowest BCUT2D eigenvalue weighted by Gasteiger charge is -2.18. The van der Waals surface area contributed by atoms with Crippen LogP contribution in [0.25, 0.3) is 0 Å². The molecule has 1 aliphatic heterocycles. The number of cyclic esters (lactones) is 1. The molecule has 0 radical (unpaired) electrons. The molecule has 2 rings (SSSR count). The minimum Gasteiger partial charge on any atom is -0.494 e. The number of nitrogens with one attached hydrogen (secondary N) is 1. The zero-order chi connectivity index (χ0) is 12.1. The van der Waals surface area contributed by atoms with E-state index in [9.17, 15) is 4.79 Å². The lowest BCUT2D eigenvalue weighted by molar-refractivity contribution is 0.151. The largest absolute Gasteiger partial charge is 0.494 e. The van der Waals surface area contributed by atoms with Crippen LogP contribution in [0.3, 0.4) is 0 Å². The van der Waals surface area contributed by atoms with E-state index in [0.29, 0.717) is 19.1 Å². The number of carbonyl (C=O) groups excluding carboxylic acids is 1. The molecule has 0 unspecified atom stereocenters. The molecule has 1 heterocycles. The van der Waals surface area contributed by atoms with Gasteiger partial charge in [-0.1, -0.05) is 0 Å². The van der Waals surface area contributed by atoms with Crippen molar-refractivity contribution in [3.8, 4) is 5.75 Å². The molecular weight excluding hydrogens is 242 g/mol. The number of carbonyl (C=O) groups is 1. The van der Waals surface area contributed by atoms with Gasteiger partial charge in [-0.05, 0) is 31.0 Å². The van der Waals surface area contributed by atoms with Crippen LogP contribution in [0.4, 0.5) is 10.5 Å². The fourth-order valence-electron chi connectivity index (χ4n) is 1.58. The van der Waals surface area contributed by atoms with Crippen LogP contribution >= 0.6 is 11.6 Å². The Balaban J connectivity index is 1.94. The van der Waals surface area contributed by atoms with E-state index in [1.807, 2.05) is 18.2 Å². The predicted octanol–water partition coefficient (Wildman–Crippen LogP) is 3.15. The number of unbranched alkanes of at least 4 members (excludes halogenated alkanes) is 1. The van der Waals surface area contributed by atoms with Crippen LogP contribution in [-0.4, -0.2) is 18.6 Å². The number of fused-ring (bicyclic) bond motifs is 1. The number of benzene rings is 1. The summed E-state index contributed by atoms with van der Waals surface area (Å²) in [4.78, 5) is 11.0. The van der Waals surface area contributed by atoms with Crippen LogP contribution < -0.4 is 10.1 Å². The number of hydrogen-bond acceptors (Lipinski definition) is 3. The number of ether oxygens (including phenoxy) is 2. The van der Waals surface area contributed by atoms with Crippen molar-refractivity contribution in [2.45, 2.75) is 19.4 Å². The van der Waals surface area contributed by atoms with Crippen LogP contribution in [0.5, 0.6) is 5.75 Å². The van der Waals surface area contributed by atoms with Crippen molar-refractivity contribution in [2.24, 2.45) is 0 Å². The molecule has 0 aliphatic carbocycles. The highest BCUT2D eigenvalue weighted by Crippen LogP contribution is 2.26. The van der Waals surface area contributed by atoms with Gasteiger partial charge in [0.05, 0.1) is 12.3 Å². The molecule has 1 aliphatic rings. The first-order valence-corrected chi connectivity index (χ1v) is 6.08. The molecule has 17 heavy (non-hydrogen) atoms. The van der Waals surface area contributed by atoms with E-state index in [1.165, 1.54) is 0 Å². The van der Waals surface area contributed by atoms with Gasteiger partial charge in [-0.15, -0.1) is 11.6 Å². The lowest BCUT2D eigenvalue weighted by atomic mass is 10.1. The molecule has 5 heteroatoms. The second-order valence-electron chi connectivity index (χ2n) is 3.76. The average Bonchev–Trinajstić information content (AvgIpc) is 2.35. The van der Waals surface area contributed by atoms with Gasteiger partial charge in [-0.25, -0.2) is 4.79 Å². The maximum atomic E-state index is 11.0. The van der Waals surface area contributed by atoms with Gasteiger partial charge in [0.1, 0.15) is 12.4 Å². The van der Waals surface area contributed by atoms with Gasteiger partial charge in [-0.2, -0.15) is 0 Å². The number of anilines is 1. The van der Waals surface area contributed by atoms with Crippen molar-refractivity contribution in [1.29, 1.82) is 0 Å². The molecular formula is C12H14ClNO3. The standard InChI is InChI=1S/C12H14ClNO3/c13-5-1-2-6-16-10-3-4-11-9(7-10)8-17-12(15)14-11/h3-4,7H,1-2,5-6,8H2,(H,14,15). The Morgan fingerprint density at radius 2 is 2.29 bits per heavy atom. The van der Waals surface area contributed by atoms with Gasteiger partial charge in [0.25, 0.3) is 0 Å². The summed E-state index contributed by atoms with van der Waals surface area (Å²) in [5.74, 6) is 1.45. The third-order valence-electron chi connectivity index (χ3n) is 2.47. The first-order valence-electron chi connectivity index (χ1n) is 5.55. The molecule has 0 fully saturated rings. The highest BCUT2D eigenvalue weighted by Gasteiger charge is 2.15. The van der Waals surface area contributed by atoms with Crippen LogP contribution in [0.2, 0.25) is 0 Å². The van der Waals surface area contributed by atoms with Crippen molar-refractivity contribution in [1.82, 2.24) is 0 Å². The molecule has 1 aromatic rings. The average molecular weight is 256 g/mol. The minimum absolute atomic E-state index is 0.292. The summed E-state index contributed by atoms with van der Waals surface area (Å²) in [6.45, 7) is 0.943. The third kappa shape index (κ3) is 3.27. The van der Waals surface area contributed by atoms with Crippen LogP contribution in [0.1, 0.15) is 18.4 Å². The molecule has 0 spiro atoms. The van der Waals surface area contributed by atoms with Gasteiger partial charge in [0, 0.05) is 11.4 Å². The van der Waals surface area contributed by atoms with Crippen molar-refractivity contribution < 1.29 is 14.3 Å². The number of rotatable bonds is 5. The second-order valence-corrected chi connectivity index (χ2v) is 4.14. The Labute approximate surface area is 105 Å². The normalized spacial score (nSPS) is 13.6. The maximum Gasteiger partial charge on any atom is 0.411 e. The summed E-state index contributed by atoms with van der Waals surface area (Å²) in [5, 5.41) is 2.63. The lowest BCUT2D eigenvalue weighted by Crippen LogP contribution is -2.20. The number of amides is 1.